The van der Waals surface area contributed by atoms with Gasteiger partial charge in [0.2, 0.25) is 0 Å². The molecule has 1 N–H and O–H groups in total. The van der Waals surface area contributed by atoms with Crippen LogP contribution in [0.3, 0.4) is 0 Å². The summed E-state index contributed by atoms with van der Waals surface area (Å²) in [6.07, 6.45) is 5.48. The molecule has 1 saturated heterocycles. The van der Waals surface area contributed by atoms with E-state index in [-0.39, 0.29) is 0 Å². The standard InChI is InChI=1S/C11H18N2O2/c1-9-13-11(8-15-9)7-14-6-10-4-2-3-5-12-10/h8,10,12H,2-7H2,1H3/t10-/m1/s1. The molecule has 1 atom stereocenters. The Morgan fingerprint density at radius 1 is 1.60 bits per heavy atom. The van der Waals surface area contributed by atoms with Crippen molar-refractivity contribution in [2.45, 2.75) is 38.8 Å². The van der Waals surface area contributed by atoms with E-state index in [0.717, 1.165) is 18.8 Å². The van der Waals surface area contributed by atoms with E-state index in [9.17, 15) is 0 Å². The maximum atomic E-state index is 5.59. The third-order valence-corrected chi connectivity index (χ3v) is 2.65. The zero-order chi connectivity index (χ0) is 10.5. The van der Waals surface area contributed by atoms with Crippen LogP contribution in [0.15, 0.2) is 10.7 Å². The Kier molecular flexibility index (Phi) is 3.75. The van der Waals surface area contributed by atoms with Gasteiger partial charge in [-0.3, -0.25) is 0 Å². The lowest BCUT2D eigenvalue weighted by atomic mass is 10.1. The molecule has 0 aromatic carbocycles. The van der Waals surface area contributed by atoms with Gasteiger partial charge in [-0.25, -0.2) is 4.98 Å². The van der Waals surface area contributed by atoms with Crippen LogP contribution in [0.1, 0.15) is 30.8 Å². The fraction of sp³-hybridized carbons (Fsp3) is 0.727. The molecule has 2 rings (SSSR count). The molecule has 4 nitrogen and oxygen atoms in total. The molecule has 0 aliphatic carbocycles. The first-order valence-corrected chi connectivity index (χ1v) is 5.57. The Hall–Kier alpha value is -0.870. The van der Waals surface area contributed by atoms with E-state index in [2.05, 4.69) is 10.3 Å². The van der Waals surface area contributed by atoms with Gasteiger partial charge in [-0.1, -0.05) is 6.42 Å². The average molecular weight is 210 g/mol. The molecule has 0 unspecified atom stereocenters. The molecule has 15 heavy (non-hydrogen) atoms. The minimum atomic E-state index is 0.520. The first-order valence-electron chi connectivity index (χ1n) is 5.57. The van der Waals surface area contributed by atoms with E-state index in [1.165, 1.54) is 19.3 Å². The molecule has 1 aromatic rings. The van der Waals surface area contributed by atoms with Gasteiger partial charge < -0.3 is 14.5 Å². The minimum Gasteiger partial charge on any atom is -0.449 e. The molecule has 1 aliphatic heterocycles. The van der Waals surface area contributed by atoms with Crippen molar-refractivity contribution in [2.75, 3.05) is 13.2 Å². The number of nitrogens with zero attached hydrogens (tertiary/aromatic N) is 1. The highest BCUT2D eigenvalue weighted by atomic mass is 16.5. The lowest BCUT2D eigenvalue weighted by Crippen LogP contribution is -2.37. The molecule has 4 heteroatoms. The maximum Gasteiger partial charge on any atom is 0.191 e. The van der Waals surface area contributed by atoms with Crippen LogP contribution in [-0.2, 0) is 11.3 Å². The minimum absolute atomic E-state index is 0.520. The summed E-state index contributed by atoms with van der Waals surface area (Å²) in [6, 6.07) is 0.520. The zero-order valence-electron chi connectivity index (χ0n) is 9.16. The number of aromatic nitrogens is 1. The van der Waals surface area contributed by atoms with Crippen molar-refractivity contribution in [3.63, 3.8) is 0 Å². The summed E-state index contributed by atoms with van der Waals surface area (Å²) in [7, 11) is 0. The summed E-state index contributed by atoms with van der Waals surface area (Å²) in [4.78, 5) is 4.18. The quantitative estimate of drug-likeness (QED) is 0.820. The van der Waals surface area contributed by atoms with Gasteiger partial charge >= 0.3 is 0 Å². The van der Waals surface area contributed by atoms with Gasteiger partial charge in [0, 0.05) is 13.0 Å². The van der Waals surface area contributed by atoms with Crippen molar-refractivity contribution in [1.29, 1.82) is 0 Å². The van der Waals surface area contributed by atoms with Gasteiger partial charge in [0.05, 0.1) is 13.2 Å². The van der Waals surface area contributed by atoms with Gasteiger partial charge in [-0.15, -0.1) is 0 Å². The van der Waals surface area contributed by atoms with Crippen LogP contribution in [0, 0.1) is 6.92 Å². The highest BCUT2D eigenvalue weighted by molar-refractivity contribution is 4.92. The Labute approximate surface area is 90.0 Å². The fourth-order valence-corrected chi connectivity index (χ4v) is 1.85. The van der Waals surface area contributed by atoms with Crippen molar-refractivity contribution in [2.24, 2.45) is 0 Å². The van der Waals surface area contributed by atoms with Crippen molar-refractivity contribution in [3.05, 3.63) is 17.8 Å². The topological polar surface area (TPSA) is 47.3 Å². The SMILES string of the molecule is Cc1nc(COC[C@H]2CCCCN2)co1. The molecule has 0 spiro atoms. The maximum absolute atomic E-state index is 5.59. The summed E-state index contributed by atoms with van der Waals surface area (Å²) in [5.74, 6) is 0.699. The first-order chi connectivity index (χ1) is 7.34. The molecule has 1 aromatic heterocycles. The molecular formula is C11H18N2O2. The number of rotatable bonds is 4. The van der Waals surface area contributed by atoms with Crippen LogP contribution in [0.5, 0.6) is 0 Å². The summed E-state index contributed by atoms with van der Waals surface area (Å²) in [5.41, 5.74) is 0.878. The molecule has 0 amide bonds. The Morgan fingerprint density at radius 3 is 3.20 bits per heavy atom. The Bertz CT molecular complexity index is 293. The largest absolute Gasteiger partial charge is 0.449 e. The molecule has 1 fully saturated rings. The van der Waals surface area contributed by atoms with Gasteiger partial charge in [-0.2, -0.15) is 0 Å². The van der Waals surface area contributed by atoms with Gasteiger partial charge in [0.15, 0.2) is 5.89 Å². The summed E-state index contributed by atoms with van der Waals surface area (Å²) in [5, 5.41) is 3.44. The summed E-state index contributed by atoms with van der Waals surface area (Å²) in [6.45, 7) is 4.28. The smallest absolute Gasteiger partial charge is 0.191 e. The second-order valence-corrected chi connectivity index (χ2v) is 4.02. The third kappa shape index (κ3) is 3.32. The molecule has 2 heterocycles. The van der Waals surface area contributed by atoms with Gasteiger partial charge in [-0.05, 0) is 19.4 Å². The zero-order valence-corrected chi connectivity index (χ0v) is 9.16. The number of hydrogen-bond donors (Lipinski definition) is 1. The van der Waals surface area contributed by atoms with Crippen molar-refractivity contribution < 1.29 is 9.15 Å². The molecule has 0 saturated carbocycles. The lowest BCUT2D eigenvalue weighted by Gasteiger charge is -2.22. The molecular weight excluding hydrogens is 192 g/mol. The van der Waals surface area contributed by atoms with E-state index in [4.69, 9.17) is 9.15 Å². The Morgan fingerprint density at radius 2 is 2.53 bits per heavy atom. The van der Waals surface area contributed by atoms with Gasteiger partial charge in [0.1, 0.15) is 12.0 Å². The number of oxazole rings is 1. The molecule has 84 valence electrons. The number of aryl methyl sites for hydroxylation is 1. The van der Waals surface area contributed by atoms with Gasteiger partial charge in [0.25, 0.3) is 0 Å². The average Bonchev–Trinajstić information content (AvgIpc) is 2.66. The van der Waals surface area contributed by atoms with E-state index >= 15 is 0 Å². The predicted molar refractivity (Wildman–Crippen MR) is 56.5 cm³/mol. The van der Waals surface area contributed by atoms with Crippen LogP contribution in [0.2, 0.25) is 0 Å². The van der Waals surface area contributed by atoms with Crippen LogP contribution in [-0.4, -0.2) is 24.2 Å². The number of ether oxygens (including phenoxy) is 1. The van der Waals surface area contributed by atoms with Crippen molar-refractivity contribution in [1.82, 2.24) is 10.3 Å². The molecule has 0 bridgehead atoms. The van der Waals surface area contributed by atoms with Crippen LogP contribution in [0.4, 0.5) is 0 Å². The molecule has 0 radical (unpaired) electrons. The van der Waals surface area contributed by atoms with E-state index < -0.39 is 0 Å². The van der Waals surface area contributed by atoms with E-state index in [1.807, 2.05) is 6.92 Å². The van der Waals surface area contributed by atoms with E-state index in [1.54, 1.807) is 6.26 Å². The normalized spacial score (nSPS) is 21.8. The highest BCUT2D eigenvalue weighted by Gasteiger charge is 2.12. The third-order valence-electron chi connectivity index (χ3n) is 2.65. The number of piperidine rings is 1. The van der Waals surface area contributed by atoms with Crippen molar-refractivity contribution >= 4 is 0 Å². The van der Waals surface area contributed by atoms with Crippen LogP contribution >= 0.6 is 0 Å². The second-order valence-electron chi connectivity index (χ2n) is 4.02. The molecule has 1 aliphatic rings. The number of hydrogen-bond acceptors (Lipinski definition) is 4. The first kappa shape index (κ1) is 10.6. The predicted octanol–water partition coefficient (Wildman–Crippen LogP) is 1.64. The monoisotopic (exact) mass is 210 g/mol. The van der Waals surface area contributed by atoms with Crippen molar-refractivity contribution in [3.8, 4) is 0 Å². The summed E-state index contributed by atoms with van der Waals surface area (Å²) < 4.78 is 10.7. The lowest BCUT2D eigenvalue weighted by molar-refractivity contribution is 0.0890. The van der Waals surface area contributed by atoms with Crippen LogP contribution < -0.4 is 5.32 Å². The van der Waals surface area contributed by atoms with Crippen LogP contribution in [0.25, 0.3) is 0 Å². The summed E-state index contributed by atoms with van der Waals surface area (Å²) >= 11 is 0. The highest BCUT2D eigenvalue weighted by Crippen LogP contribution is 2.08. The van der Waals surface area contributed by atoms with E-state index in [0.29, 0.717) is 18.5 Å². The Balaban J connectivity index is 1.65. The number of nitrogens with one attached hydrogen (secondary N) is 1. The second kappa shape index (κ2) is 5.28. The fourth-order valence-electron chi connectivity index (χ4n) is 1.85.